The lowest BCUT2D eigenvalue weighted by atomic mass is 9.78. The van der Waals surface area contributed by atoms with E-state index in [1.165, 1.54) is 0 Å². The highest BCUT2D eigenvalue weighted by atomic mass is 79.9. The lowest BCUT2D eigenvalue weighted by molar-refractivity contribution is -0.145. The van der Waals surface area contributed by atoms with Gasteiger partial charge in [-0.15, -0.1) is 0 Å². The van der Waals surface area contributed by atoms with E-state index in [-0.39, 0.29) is 17.8 Å². The zero-order valence-electron chi connectivity index (χ0n) is 14.7. The van der Waals surface area contributed by atoms with Crippen LogP contribution in [-0.2, 0) is 9.53 Å². The lowest BCUT2D eigenvalue weighted by Gasteiger charge is -2.34. The SMILES string of the molecule is Cc1ccccc1[C@@H]1N[C@@]2(CCOC2=O)[C@H]2Oc3cc(Br)ccc3C(=O)[C@@H]12. The first-order valence-corrected chi connectivity index (χ1v) is 9.81. The highest BCUT2D eigenvalue weighted by Crippen LogP contribution is 2.50. The molecular formula is C21H18BrNO4. The number of cyclic esters (lactones) is 1. The first kappa shape index (κ1) is 17.0. The molecule has 3 aliphatic rings. The van der Waals surface area contributed by atoms with Gasteiger partial charge in [0.2, 0.25) is 0 Å². The number of aryl methyl sites for hydroxylation is 1. The summed E-state index contributed by atoms with van der Waals surface area (Å²) in [4.78, 5) is 26.2. The predicted molar refractivity (Wildman–Crippen MR) is 102 cm³/mol. The standard InChI is InChI=1S/C21H18BrNO4/c1-11-4-2-3-5-13(11)17-16-18(24)14-7-6-12(22)10-15(14)27-19(16)21(23-17)8-9-26-20(21)25/h2-7,10,16-17,19,23H,8-9H2,1H3/t16-,17+,19+,21+/m1/s1. The van der Waals surface area contributed by atoms with E-state index in [2.05, 4.69) is 21.2 Å². The molecule has 27 heavy (non-hydrogen) atoms. The van der Waals surface area contributed by atoms with Crippen molar-refractivity contribution in [2.75, 3.05) is 6.61 Å². The van der Waals surface area contributed by atoms with E-state index in [0.717, 1.165) is 15.6 Å². The second-order valence-corrected chi connectivity index (χ2v) is 8.32. The molecule has 0 aromatic heterocycles. The normalized spacial score (nSPS) is 31.4. The molecule has 5 nitrogen and oxygen atoms in total. The van der Waals surface area contributed by atoms with E-state index < -0.39 is 17.6 Å². The first-order chi connectivity index (χ1) is 13.0. The minimum atomic E-state index is -0.993. The monoisotopic (exact) mass is 427 g/mol. The number of carbonyl (C=O) groups excluding carboxylic acids is 2. The van der Waals surface area contributed by atoms with Gasteiger partial charge in [-0.3, -0.25) is 10.1 Å². The molecule has 2 aromatic carbocycles. The van der Waals surface area contributed by atoms with Crippen LogP contribution in [-0.4, -0.2) is 30.0 Å². The van der Waals surface area contributed by atoms with Crippen LogP contribution >= 0.6 is 15.9 Å². The van der Waals surface area contributed by atoms with Crippen molar-refractivity contribution in [1.82, 2.24) is 5.32 Å². The molecule has 2 saturated heterocycles. The van der Waals surface area contributed by atoms with Crippen molar-refractivity contribution in [2.45, 2.75) is 31.0 Å². The van der Waals surface area contributed by atoms with E-state index in [1.54, 1.807) is 12.1 Å². The second kappa shape index (κ2) is 5.91. The van der Waals surface area contributed by atoms with Crippen LogP contribution in [0.5, 0.6) is 5.75 Å². The number of hydrogen-bond donors (Lipinski definition) is 1. The van der Waals surface area contributed by atoms with Gasteiger partial charge in [-0.05, 0) is 36.2 Å². The molecule has 4 atom stereocenters. The molecule has 138 valence electrons. The molecule has 1 spiro atoms. The number of nitrogens with one attached hydrogen (secondary N) is 1. The van der Waals surface area contributed by atoms with Crippen molar-refractivity contribution in [3.63, 3.8) is 0 Å². The fourth-order valence-electron chi connectivity index (χ4n) is 4.64. The Morgan fingerprint density at radius 2 is 2.00 bits per heavy atom. The number of carbonyl (C=O) groups is 2. The smallest absolute Gasteiger partial charge is 0.330 e. The highest BCUT2D eigenvalue weighted by molar-refractivity contribution is 9.10. The highest BCUT2D eigenvalue weighted by Gasteiger charge is 2.66. The number of benzene rings is 2. The van der Waals surface area contributed by atoms with Gasteiger partial charge in [0, 0.05) is 16.9 Å². The third-order valence-electron chi connectivity index (χ3n) is 5.97. The van der Waals surface area contributed by atoms with Crippen LogP contribution in [0.3, 0.4) is 0 Å². The molecule has 6 heteroatoms. The summed E-state index contributed by atoms with van der Waals surface area (Å²) in [5, 5.41) is 3.46. The van der Waals surface area contributed by atoms with Crippen LogP contribution in [0.25, 0.3) is 0 Å². The lowest BCUT2D eigenvalue weighted by Crippen LogP contribution is -2.56. The van der Waals surface area contributed by atoms with Gasteiger partial charge in [-0.1, -0.05) is 40.2 Å². The van der Waals surface area contributed by atoms with Crippen LogP contribution < -0.4 is 10.1 Å². The van der Waals surface area contributed by atoms with Gasteiger partial charge >= 0.3 is 5.97 Å². The zero-order valence-corrected chi connectivity index (χ0v) is 16.3. The largest absolute Gasteiger partial charge is 0.486 e. The zero-order chi connectivity index (χ0) is 18.8. The fraction of sp³-hybridized carbons (Fsp3) is 0.333. The Balaban J connectivity index is 1.68. The van der Waals surface area contributed by atoms with Gasteiger partial charge in [0.1, 0.15) is 11.9 Å². The van der Waals surface area contributed by atoms with Gasteiger partial charge in [-0.2, -0.15) is 0 Å². The molecule has 0 saturated carbocycles. The van der Waals surface area contributed by atoms with Crippen LogP contribution in [0.2, 0.25) is 0 Å². The number of ketones is 1. The predicted octanol–water partition coefficient (Wildman–Crippen LogP) is 3.35. The molecule has 3 aliphatic heterocycles. The number of ether oxygens (including phenoxy) is 2. The minimum Gasteiger partial charge on any atom is -0.486 e. The van der Waals surface area contributed by atoms with E-state index in [4.69, 9.17) is 9.47 Å². The summed E-state index contributed by atoms with van der Waals surface area (Å²) >= 11 is 3.43. The van der Waals surface area contributed by atoms with Crippen molar-refractivity contribution in [3.05, 3.63) is 63.6 Å². The van der Waals surface area contributed by atoms with Crippen LogP contribution in [0, 0.1) is 12.8 Å². The Hall–Kier alpha value is -2.18. The summed E-state index contributed by atoms with van der Waals surface area (Å²) in [6.07, 6.45) is -0.0992. The number of Topliss-reactive ketones (excluding diaryl/α,β-unsaturated/α-hetero) is 1. The Bertz CT molecular complexity index is 974. The first-order valence-electron chi connectivity index (χ1n) is 9.02. The number of hydrogen-bond acceptors (Lipinski definition) is 5. The van der Waals surface area contributed by atoms with E-state index in [0.29, 0.717) is 24.3 Å². The maximum atomic E-state index is 13.5. The van der Waals surface area contributed by atoms with Crippen molar-refractivity contribution in [1.29, 1.82) is 0 Å². The average Bonchev–Trinajstić information content (AvgIpc) is 3.17. The number of fused-ring (bicyclic) bond motifs is 3. The van der Waals surface area contributed by atoms with Gasteiger partial charge in [-0.25, -0.2) is 4.79 Å². The second-order valence-electron chi connectivity index (χ2n) is 7.40. The maximum absolute atomic E-state index is 13.5. The van der Waals surface area contributed by atoms with Gasteiger partial charge in [0.05, 0.1) is 18.1 Å². The van der Waals surface area contributed by atoms with Crippen LogP contribution in [0.1, 0.15) is 33.9 Å². The van der Waals surface area contributed by atoms with E-state index >= 15 is 0 Å². The molecule has 5 rings (SSSR count). The summed E-state index contributed by atoms with van der Waals surface area (Å²) in [6.45, 7) is 2.35. The Labute approximate surface area is 165 Å². The fourth-order valence-corrected chi connectivity index (χ4v) is 4.98. The molecule has 2 aromatic rings. The quantitative estimate of drug-likeness (QED) is 0.706. The number of esters is 1. The van der Waals surface area contributed by atoms with Crippen molar-refractivity contribution < 1.29 is 19.1 Å². The van der Waals surface area contributed by atoms with Gasteiger partial charge < -0.3 is 9.47 Å². The van der Waals surface area contributed by atoms with Crippen LogP contribution in [0.15, 0.2) is 46.9 Å². The van der Waals surface area contributed by atoms with Crippen LogP contribution in [0.4, 0.5) is 0 Å². The van der Waals surface area contributed by atoms with Crippen molar-refractivity contribution in [2.24, 2.45) is 5.92 Å². The Morgan fingerprint density at radius 1 is 1.19 bits per heavy atom. The van der Waals surface area contributed by atoms with E-state index in [9.17, 15) is 9.59 Å². The molecule has 0 bridgehead atoms. The Kier molecular flexibility index (Phi) is 3.71. The summed E-state index contributed by atoms with van der Waals surface area (Å²) in [7, 11) is 0. The van der Waals surface area contributed by atoms with E-state index in [1.807, 2.05) is 37.3 Å². The third kappa shape index (κ3) is 2.33. The summed E-state index contributed by atoms with van der Waals surface area (Å²) in [5.41, 5.74) is 1.66. The number of halogens is 1. The summed E-state index contributed by atoms with van der Waals surface area (Å²) in [5.74, 6) is -0.293. The van der Waals surface area contributed by atoms with Crippen molar-refractivity contribution >= 4 is 27.7 Å². The van der Waals surface area contributed by atoms with Gasteiger partial charge in [0.25, 0.3) is 0 Å². The summed E-state index contributed by atoms with van der Waals surface area (Å²) in [6, 6.07) is 13.1. The molecular weight excluding hydrogens is 410 g/mol. The average molecular weight is 428 g/mol. The van der Waals surface area contributed by atoms with Crippen molar-refractivity contribution in [3.8, 4) is 5.75 Å². The Morgan fingerprint density at radius 3 is 2.74 bits per heavy atom. The molecule has 0 radical (unpaired) electrons. The molecule has 0 aliphatic carbocycles. The minimum absolute atomic E-state index is 0.00563. The molecule has 1 N–H and O–H groups in total. The molecule has 0 amide bonds. The molecule has 3 heterocycles. The summed E-state index contributed by atoms with van der Waals surface area (Å²) < 4.78 is 12.4. The molecule has 2 fully saturated rings. The third-order valence-corrected chi connectivity index (χ3v) is 6.46. The molecule has 0 unspecified atom stereocenters. The van der Waals surface area contributed by atoms with Gasteiger partial charge in [0.15, 0.2) is 11.3 Å². The maximum Gasteiger partial charge on any atom is 0.330 e. The number of rotatable bonds is 1. The topological polar surface area (TPSA) is 64.6 Å².